The van der Waals surface area contributed by atoms with E-state index in [-0.39, 0.29) is 6.04 Å². The Morgan fingerprint density at radius 2 is 2.15 bits per heavy atom. The highest BCUT2D eigenvalue weighted by atomic mass is 79.9. The maximum atomic E-state index is 6.08. The van der Waals surface area contributed by atoms with Crippen molar-refractivity contribution < 1.29 is 4.74 Å². The minimum atomic E-state index is 0.107. The van der Waals surface area contributed by atoms with Crippen molar-refractivity contribution in [2.24, 2.45) is 0 Å². The van der Waals surface area contributed by atoms with Gasteiger partial charge in [-0.1, -0.05) is 40.5 Å². The predicted molar refractivity (Wildman–Crippen MR) is 90.2 cm³/mol. The van der Waals surface area contributed by atoms with Crippen LogP contribution in [0.15, 0.2) is 34.8 Å². The molecule has 2 aromatic rings. The number of nitrogens with one attached hydrogen (secondary N) is 1. The minimum Gasteiger partial charge on any atom is -0.496 e. The van der Waals surface area contributed by atoms with Crippen LogP contribution in [0.1, 0.15) is 29.8 Å². The summed E-state index contributed by atoms with van der Waals surface area (Å²) in [7, 11) is 1.70. The summed E-state index contributed by atoms with van der Waals surface area (Å²) in [6, 6.07) is 10.2. The van der Waals surface area contributed by atoms with E-state index in [0.717, 1.165) is 33.1 Å². The van der Waals surface area contributed by atoms with Crippen molar-refractivity contribution in [3.05, 3.63) is 49.6 Å². The fourth-order valence-corrected chi connectivity index (χ4v) is 3.56. The zero-order chi connectivity index (χ0) is 14.5. The zero-order valence-electron chi connectivity index (χ0n) is 11.5. The number of methoxy groups -OCH3 is 1. The van der Waals surface area contributed by atoms with E-state index in [2.05, 4.69) is 40.3 Å². The molecule has 1 aromatic heterocycles. The molecular formula is C15H17BrClNOS. The third kappa shape index (κ3) is 3.76. The standard InChI is InChI=1S/C15H17BrClNOS/c1-3-8-18-15(13-6-7-14(17)20-13)11-5-4-10(16)9-12(11)19-2/h4-7,9,15,18H,3,8H2,1-2H3. The molecule has 0 aliphatic rings. The fraction of sp³-hybridized carbons (Fsp3) is 0.333. The first-order valence-electron chi connectivity index (χ1n) is 6.47. The lowest BCUT2D eigenvalue weighted by Gasteiger charge is -2.20. The second-order valence-electron chi connectivity index (χ2n) is 4.42. The smallest absolute Gasteiger partial charge is 0.125 e. The highest BCUT2D eigenvalue weighted by molar-refractivity contribution is 9.10. The van der Waals surface area contributed by atoms with Gasteiger partial charge in [-0.3, -0.25) is 0 Å². The normalized spacial score (nSPS) is 12.4. The Bertz CT molecular complexity index is 573. The molecule has 0 radical (unpaired) electrons. The van der Waals surface area contributed by atoms with Gasteiger partial charge in [-0.2, -0.15) is 0 Å². The summed E-state index contributed by atoms with van der Waals surface area (Å²) < 4.78 is 7.33. The Balaban J connectivity index is 2.40. The highest BCUT2D eigenvalue weighted by Crippen LogP contribution is 2.36. The molecule has 0 aliphatic heterocycles. The second kappa shape index (κ2) is 7.46. The summed E-state index contributed by atoms with van der Waals surface area (Å²) >= 11 is 11.2. The van der Waals surface area contributed by atoms with Crippen molar-refractivity contribution in [3.63, 3.8) is 0 Å². The fourth-order valence-electron chi connectivity index (χ4n) is 2.06. The summed E-state index contributed by atoms with van der Waals surface area (Å²) in [6.07, 6.45) is 1.08. The number of rotatable bonds is 6. The van der Waals surface area contributed by atoms with Gasteiger partial charge < -0.3 is 10.1 Å². The lowest BCUT2D eigenvalue weighted by atomic mass is 10.0. The zero-order valence-corrected chi connectivity index (χ0v) is 14.6. The monoisotopic (exact) mass is 373 g/mol. The van der Waals surface area contributed by atoms with E-state index in [9.17, 15) is 0 Å². The molecule has 20 heavy (non-hydrogen) atoms. The Labute approximate surface area is 137 Å². The predicted octanol–water partition coefficient (Wildman–Crippen LogP) is 5.26. The number of thiophene rings is 1. The molecule has 0 saturated heterocycles. The van der Waals surface area contributed by atoms with Crippen molar-refractivity contribution in [1.29, 1.82) is 0 Å². The number of halogens is 2. The van der Waals surface area contributed by atoms with Gasteiger partial charge in [-0.15, -0.1) is 11.3 Å². The molecule has 1 aromatic carbocycles. The first-order chi connectivity index (χ1) is 9.65. The molecule has 2 nitrogen and oxygen atoms in total. The van der Waals surface area contributed by atoms with Gasteiger partial charge in [-0.25, -0.2) is 0 Å². The van der Waals surface area contributed by atoms with Gasteiger partial charge in [0.1, 0.15) is 5.75 Å². The van der Waals surface area contributed by atoms with Gasteiger partial charge in [0.05, 0.1) is 17.5 Å². The van der Waals surface area contributed by atoms with E-state index in [1.165, 1.54) is 4.88 Å². The van der Waals surface area contributed by atoms with Crippen LogP contribution in [-0.2, 0) is 0 Å². The summed E-state index contributed by atoms with van der Waals surface area (Å²) in [6.45, 7) is 3.10. The van der Waals surface area contributed by atoms with Crippen molar-refractivity contribution in [2.45, 2.75) is 19.4 Å². The molecule has 0 saturated carbocycles. The second-order valence-corrected chi connectivity index (χ2v) is 7.08. The first-order valence-corrected chi connectivity index (χ1v) is 8.46. The van der Waals surface area contributed by atoms with E-state index >= 15 is 0 Å². The van der Waals surface area contributed by atoms with Crippen LogP contribution in [0.5, 0.6) is 5.75 Å². The Morgan fingerprint density at radius 3 is 2.75 bits per heavy atom. The summed E-state index contributed by atoms with van der Waals surface area (Å²) in [5, 5.41) is 3.57. The average molecular weight is 375 g/mol. The van der Waals surface area contributed by atoms with Gasteiger partial charge in [0.25, 0.3) is 0 Å². The Kier molecular flexibility index (Phi) is 5.90. The molecule has 0 aliphatic carbocycles. The quantitative estimate of drug-likeness (QED) is 0.744. The van der Waals surface area contributed by atoms with E-state index < -0.39 is 0 Å². The molecule has 1 heterocycles. The third-order valence-corrected chi connectivity index (χ3v) is 4.77. The van der Waals surface area contributed by atoms with Gasteiger partial charge in [-0.05, 0) is 37.2 Å². The van der Waals surface area contributed by atoms with E-state index in [1.54, 1.807) is 18.4 Å². The van der Waals surface area contributed by atoms with Crippen molar-refractivity contribution in [1.82, 2.24) is 5.32 Å². The summed E-state index contributed by atoms with van der Waals surface area (Å²) in [4.78, 5) is 1.20. The minimum absolute atomic E-state index is 0.107. The Hall–Kier alpha value is -0.550. The lowest BCUT2D eigenvalue weighted by Crippen LogP contribution is -2.22. The molecule has 1 unspecified atom stereocenters. The number of benzene rings is 1. The van der Waals surface area contributed by atoms with Crippen molar-refractivity contribution in [2.75, 3.05) is 13.7 Å². The van der Waals surface area contributed by atoms with Gasteiger partial charge in [0.2, 0.25) is 0 Å². The van der Waals surface area contributed by atoms with Gasteiger partial charge >= 0.3 is 0 Å². The molecular weight excluding hydrogens is 358 g/mol. The number of hydrogen-bond donors (Lipinski definition) is 1. The summed E-state index contributed by atoms with van der Waals surface area (Å²) in [5.74, 6) is 0.873. The topological polar surface area (TPSA) is 21.3 Å². The Morgan fingerprint density at radius 1 is 1.35 bits per heavy atom. The third-order valence-electron chi connectivity index (χ3n) is 2.98. The molecule has 1 atom stereocenters. The van der Waals surface area contributed by atoms with E-state index in [1.807, 2.05) is 18.2 Å². The molecule has 1 N–H and O–H groups in total. The maximum absolute atomic E-state index is 6.08. The molecule has 5 heteroatoms. The number of hydrogen-bond acceptors (Lipinski definition) is 3. The van der Waals surface area contributed by atoms with Crippen LogP contribution < -0.4 is 10.1 Å². The van der Waals surface area contributed by atoms with Crippen LogP contribution in [-0.4, -0.2) is 13.7 Å². The van der Waals surface area contributed by atoms with E-state index in [4.69, 9.17) is 16.3 Å². The molecule has 2 rings (SSSR count). The first kappa shape index (κ1) is 15.8. The molecule has 0 spiro atoms. The van der Waals surface area contributed by atoms with Gasteiger partial charge in [0.15, 0.2) is 0 Å². The number of ether oxygens (including phenoxy) is 1. The lowest BCUT2D eigenvalue weighted by molar-refractivity contribution is 0.404. The van der Waals surface area contributed by atoms with Crippen LogP contribution in [0.4, 0.5) is 0 Å². The maximum Gasteiger partial charge on any atom is 0.125 e. The van der Waals surface area contributed by atoms with Crippen molar-refractivity contribution in [3.8, 4) is 5.75 Å². The molecule has 0 fully saturated rings. The summed E-state index contributed by atoms with van der Waals surface area (Å²) in [5.41, 5.74) is 1.13. The van der Waals surface area contributed by atoms with E-state index in [0.29, 0.717) is 0 Å². The molecule has 108 valence electrons. The van der Waals surface area contributed by atoms with Crippen molar-refractivity contribution >= 4 is 38.9 Å². The highest BCUT2D eigenvalue weighted by Gasteiger charge is 2.19. The average Bonchev–Trinajstić information content (AvgIpc) is 2.87. The largest absolute Gasteiger partial charge is 0.496 e. The van der Waals surface area contributed by atoms with Gasteiger partial charge in [0, 0.05) is 14.9 Å². The molecule has 0 bridgehead atoms. The SMILES string of the molecule is CCCNC(c1ccc(Cl)s1)c1ccc(Br)cc1OC. The van der Waals surface area contributed by atoms with Crippen LogP contribution >= 0.6 is 38.9 Å². The van der Waals surface area contributed by atoms with Crippen LogP contribution in [0, 0.1) is 0 Å². The molecule has 0 amide bonds. The van der Waals surface area contributed by atoms with Crippen LogP contribution in [0.3, 0.4) is 0 Å². The van der Waals surface area contributed by atoms with Crippen LogP contribution in [0.2, 0.25) is 4.34 Å². The van der Waals surface area contributed by atoms with Crippen LogP contribution in [0.25, 0.3) is 0 Å².